The Kier molecular flexibility index (Phi) is 13.6. The number of rotatable bonds is 12. The molecule has 0 N–H and O–H groups in total. The number of hydrogen-bond acceptors (Lipinski definition) is 4. The number of oxime groups is 1. The third-order valence-corrected chi connectivity index (χ3v) is 4.97. The average Bonchev–Trinajstić information content (AvgIpc) is 2.79. The molecule has 2 aromatic carbocycles. The SMILES string of the molecule is C/C=C/COc1cc(C)c(OCCCCCc2ccc(/C(C)=N\OC)cc2)c(C)c1.CC. The lowest BCUT2D eigenvalue weighted by Gasteiger charge is -2.14. The maximum atomic E-state index is 6.07. The van der Waals surface area contributed by atoms with E-state index in [-0.39, 0.29) is 0 Å². The molecule has 176 valence electrons. The van der Waals surface area contributed by atoms with Gasteiger partial charge in [-0.1, -0.05) is 55.4 Å². The molecule has 2 aromatic rings. The van der Waals surface area contributed by atoms with Gasteiger partial charge in [0.05, 0.1) is 12.3 Å². The van der Waals surface area contributed by atoms with E-state index < -0.39 is 0 Å². The van der Waals surface area contributed by atoms with Crippen LogP contribution in [-0.4, -0.2) is 26.0 Å². The maximum Gasteiger partial charge on any atom is 0.125 e. The Morgan fingerprint density at radius 3 is 2.19 bits per heavy atom. The van der Waals surface area contributed by atoms with Crippen LogP contribution in [0, 0.1) is 13.8 Å². The molecule has 0 fully saturated rings. The Bertz CT molecular complexity index is 815. The monoisotopic (exact) mass is 439 g/mol. The lowest BCUT2D eigenvalue weighted by atomic mass is 10.0. The molecule has 0 amide bonds. The van der Waals surface area contributed by atoms with E-state index >= 15 is 0 Å². The van der Waals surface area contributed by atoms with Crippen molar-refractivity contribution in [3.05, 3.63) is 70.8 Å². The Labute approximate surface area is 195 Å². The maximum absolute atomic E-state index is 6.07. The topological polar surface area (TPSA) is 40.0 Å². The van der Waals surface area contributed by atoms with Gasteiger partial charge in [-0.05, 0) is 87.8 Å². The number of nitrogens with zero attached hydrogens (tertiary/aromatic N) is 1. The van der Waals surface area contributed by atoms with E-state index in [2.05, 4.69) is 55.4 Å². The Morgan fingerprint density at radius 2 is 1.59 bits per heavy atom. The normalized spacial score (nSPS) is 11.2. The smallest absolute Gasteiger partial charge is 0.125 e. The summed E-state index contributed by atoms with van der Waals surface area (Å²) in [4.78, 5) is 4.83. The second-order valence-electron chi connectivity index (χ2n) is 7.48. The molecule has 0 spiro atoms. The van der Waals surface area contributed by atoms with Crippen LogP contribution in [-0.2, 0) is 11.3 Å². The van der Waals surface area contributed by atoms with Gasteiger partial charge in [0, 0.05) is 0 Å². The number of allylic oxidation sites excluding steroid dienone is 1. The standard InChI is InChI=1S/C26H35NO3.C2H6/c1-6-7-16-29-25-18-20(2)26(21(3)19-25)30-17-10-8-9-11-23-12-14-24(15-13-23)22(4)27-28-5;1-2/h6-7,12-15,18-19H,8-11,16-17H2,1-5H3;1-2H3/b7-6+,27-22-;. The van der Waals surface area contributed by atoms with Gasteiger partial charge in [0.1, 0.15) is 25.2 Å². The summed E-state index contributed by atoms with van der Waals surface area (Å²) in [5.41, 5.74) is 5.59. The average molecular weight is 440 g/mol. The van der Waals surface area contributed by atoms with Crippen LogP contribution in [0.4, 0.5) is 0 Å². The summed E-state index contributed by atoms with van der Waals surface area (Å²) in [7, 11) is 1.57. The van der Waals surface area contributed by atoms with Crippen molar-refractivity contribution >= 4 is 5.71 Å². The molecule has 0 aliphatic rings. The quantitative estimate of drug-likeness (QED) is 0.149. The largest absolute Gasteiger partial charge is 0.493 e. The molecule has 0 aliphatic carbocycles. The summed E-state index contributed by atoms with van der Waals surface area (Å²) in [5.74, 6) is 1.88. The van der Waals surface area contributed by atoms with Crippen LogP contribution < -0.4 is 9.47 Å². The van der Waals surface area contributed by atoms with Gasteiger partial charge in [0.2, 0.25) is 0 Å². The predicted molar refractivity (Wildman–Crippen MR) is 136 cm³/mol. The second kappa shape index (κ2) is 16.0. The fourth-order valence-corrected chi connectivity index (χ4v) is 3.35. The number of hydrogen-bond donors (Lipinski definition) is 0. The molecule has 0 bridgehead atoms. The molecule has 0 saturated carbocycles. The predicted octanol–water partition coefficient (Wildman–Crippen LogP) is 7.45. The molecule has 0 radical (unpaired) electrons. The van der Waals surface area contributed by atoms with Gasteiger partial charge in [0.15, 0.2) is 0 Å². The van der Waals surface area contributed by atoms with Crippen molar-refractivity contribution in [2.45, 2.75) is 67.2 Å². The molecule has 0 heterocycles. The highest BCUT2D eigenvalue weighted by Gasteiger charge is 2.07. The Hall–Kier alpha value is -2.75. The van der Waals surface area contributed by atoms with E-state index in [1.165, 1.54) is 5.56 Å². The summed E-state index contributed by atoms with van der Waals surface area (Å²) in [5, 5.41) is 3.97. The van der Waals surface area contributed by atoms with Crippen LogP contribution in [0.25, 0.3) is 0 Å². The van der Waals surface area contributed by atoms with Crippen molar-refractivity contribution < 1.29 is 14.3 Å². The van der Waals surface area contributed by atoms with Crippen molar-refractivity contribution in [2.75, 3.05) is 20.3 Å². The molecular formula is C28H41NO3. The highest BCUT2D eigenvalue weighted by atomic mass is 16.6. The van der Waals surface area contributed by atoms with E-state index in [0.29, 0.717) is 6.61 Å². The highest BCUT2D eigenvalue weighted by molar-refractivity contribution is 5.98. The van der Waals surface area contributed by atoms with Crippen molar-refractivity contribution in [3.8, 4) is 11.5 Å². The van der Waals surface area contributed by atoms with Crippen molar-refractivity contribution in [3.63, 3.8) is 0 Å². The molecule has 0 unspecified atom stereocenters. The van der Waals surface area contributed by atoms with Crippen molar-refractivity contribution in [2.24, 2.45) is 5.16 Å². The van der Waals surface area contributed by atoms with Crippen LogP contribution >= 0.6 is 0 Å². The fourth-order valence-electron chi connectivity index (χ4n) is 3.35. The molecule has 4 heteroatoms. The van der Waals surface area contributed by atoms with Gasteiger partial charge in [-0.3, -0.25) is 0 Å². The summed E-state index contributed by atoms with van der Waals surface area (Å²) in [6.45, 7) is 13.4. The van der Waals surface area contributed by atoms with Gasteiger partial charge in [-0.15, -0.1) is 0 Å². The van der Waals surface area contributed by atoms with E-state index in [1.54, 1.807) is 7.11 Å². The van der Waals surface area contributed by atoms with Gasteiger partial charge >= 0.3 is 0 Å². The molecule has 32 heavy (non-hydrogen) atoms. The summed E-state index contributed by atoms with van der Waals surface area (Å²) < 4.78 is 11.8. The zero-order chi connectivity index (χ0) is 23.8. The van der Waals surface area contributed by atoms with Crippen LogP contribution in [0.5, 0.6) is 11.5 Å². The molecule has 2 rings (SSSR count). The first-order valence-electron chi connectivity index (χ1n) is 11.7. The van der Waals surface area contributed by atoms with Gasteiger partial charge in [0.25, 0.3) is 0 Å². The number of ether oxygens (including phenoxy) is 2. The van der Waals surface area contributed by atoms with Crippen molar-refractivity contribution in [1.29, 1.82) is 0 Å². The second-order valence-corrected chi connectivity index (χ2v) is 7.48. The number of aryl methyl sites for hydroxylation is 3. The number of benzene rings is 2. The first-order valence-corrected chi connectivity index (χ1v) is 11.7. The Balaban J connectivity index is 0.00000249. The molecule has 0 atom stereocenters. The van der Waals surface area contributed by atoms with Crippen LogP contribution in [0.15, 0.2) is 53.7 Å². The van der Waals surface area contributed by atoms with Crippen molar-refractivity contribution in [1.82, 2.24) is 0 Å². The van der Waals surface area contributed by atoms with Gasteiger partial charge in [-0.25, -0.2) is 0 Å². The third kappa shape index (κ3) is 9.59. The fraction of sp³-hybridized carbons (Fsp3) is 0.464. The van der Waals surface area contributed by atoms with E-state index in [1.807, 2.05) is 39.8 Å². The van der Waals surface area contributed by atoms with Crippen LogP contribution in [0.2, 0.25) is 0 Å². The van der Waals surface area contributed by atoms with Gasteiger partial charge < -0.3 is 14.3 Å². The third-order valence-electron chi connectivity index (χ3n) is 4.97. The minimum absolute atomic E-state index is 0.596. The van der Waals surface area contributed by atoms with Crippen LogP contribution in [0.1, 0.15) is 69.2 Å². The lowest BCUT2D eigenvalue weighted by molar-refractivity contribution is 0.213. The lowest BCUT2D eigenvalue weighted by Crippen LogP contribution is -2.02. The van der Waals surface area contributed by atoms with Gasteiger partial charge in [-0.2, -0.15) is 0 Å². The minimum Gasteiger partial charge on any atom is -0.493 e. The summed E-state index contributed by atoms with van der Waals surface area (Å²) >= 11 is 0. The van der Waals surface area contributed by atoms with Crippen LogP contribution in [0.3, 0.4) is 0 Å². The number of unbranched alkanes of at least 4 members (excludes halogenated alkanes) is 2. The summed E-state index contributed by atoms with van der Waals surface area (Å²) in [6.07, 6.45) is 8.43. The zero-order valence-corrected chi connectivity index (χ0v) is 21.0. The molecule has 0 aliphatic heterocycles. The highest BCUT2D eigenvalue weighted by Crippen LogP contribution is 2.28. The minimum atomic E-state index is 0.596. The van der Waals surface area contributed by atoms with E-state index in [4.69, 9.17) is 14.3 Å². The molecule has 0 saturated heterocycles. The molecule has 4 nitrogen and oxygen atoms in total. The Morgan fingerprint density at radius 1 is 0.938 bits per heavy atom. The first-order chi connectivity index (χ1) is 15.5. The zero-order valence-electron chi connectivity index (χ0n) is 21.0. The molecular weight excluding hydrogens is 398 g/mol. The van der Waals surface area contributed by atoms with E-state index in [0.717, 1.165) is 66.2 Å². The van der Waals surface area contributed by atoms with E-state index in [9.17, 15) is 0 Å². The first kappa shape index (κ1) is 27.3. The summed E-state index contributed by atoms with van der Waals surface area (Å²) in [6, 6.07) is 12.7. The molecule has 0 aromatic heterocycles.